The summed E-state index contributed by atoms with van der Waals surface area (Å²) >= 11 is 10.7. The standard InChI is InChI=1S/C6H4Cl2F3N3O/c1-2(6(9,10)11)15-4-3(7)13-14-5(8)12-4/h2H,1H3. The highest BCUT2D eigenvalue weighted by Gasteiger charge is 2.38. The summed E-state index contributed by atoms with van der Waals surface area (Å²) < 4.78 is 40.7. The van der Waals surface area contributed by atoms with Crippen molar-refractivity contribution in [3.63, 3.8) is 0 Å². The van der Waals surface area contributed by atoms with Crippen molar-refractivity contribution in [3.8, 4) is 5.88 Å². The van der Waals surface area contributed by atoms with Gasteiger partial charge in [-0.1, -0.05) is 11.6 Å². The maximum atomic E-state index is 12.1. The summed E-state index contributed by atoms with van der Waals surface area (Å²) in [5.41, 5.74) is 0. The van der Waals surface area contributed by atoms with E-state index in [1.54, 1.807) is 0 Å². The zero-order valence-corrected chi connectivity index (χ0v) is 8.73. The van der Waals surface area contributed by atoms with E-state index in [0.717, 1.165) is 6.92 Å². The van der Waals surface area contributed by atoms with Crippen LogP contribution in [0.3, 0.4) is 0 Å². The first kappa shape index (κ1) is 12.3. The third-order valence-electron chi connectivity index (χ3n) is 1.34. The number of ether oxygens (including phenoxy) is 1. The van der Waals surface area contributed by atoms with Gasteiger partial charge in [0.1, 0.15) is 0 Å². The molecule has 1 heterocycles. The van der Waals surface area contributed by atoms with Crippen molar-refractivity contribution in [3.05, 3.63) is 10.4 Å². The molecule has 0 N–H and O–H groups in total. The van der Waals surface area contributed by atoms with E-state index in [4.69, 9.17) is 23.2 Å². The SMILES string of the molecule is CC(Oc1nc(Cl)nnc1Cl)C(F)(F)F. The Morgan fingerprint density at radius 3 is 2.40 bits per heavy atom. The Bertz CT molecular complexity index is 360. The number of hydrogen-bond acceptors (Lipinski definition) is 4. The van der Waals surface area contributed by atoms with E-state index in [1.807, 2.05) is 0 Å². The molecule has 15 heavy (non-hydrogen) atoms. The average molecular weight is 262 g/mol. The Kier molecular flexibility index (Phi) is 3.56. The molecule has 84 valence electrons. The van der Waals surface area contributed by atoms with Crippen LogP contribution in [0.2, 0.25) is 10.4 Å². The van der Waals surface area contributed by atoms with Gasteiger partial charge in [-0.05, 0) is 18.5 Å². The number of rotatable bonds is 2. The molecular weight excluding hydrogens is 258 g/mol. The van der Waals surface area contributed by atoms with Crippen molar-refractivity contribution < 1.29 is 17.9 Å². The number of alkyl halides is 3. The maximum absolute atomic E-state index is 12.1. The first-order valence-corrected chi connectivity index (χ1v) is 4.35. The molecule has 1 aromatic heterocycles. The highest BCUT2D eigenvalue weighted by Crippen LogP contribution is 2.27. The largest absolute Gasteiger partial charge is 0.463 e. The molecule has 1 unspecified atom stereocenters. The first-order valence-electron chi connectivity index (χ1n) is 3.60. The van der Waals surface area contributed by atoms with Crippen LogP contribution in [-0.4, -0.2) is 27.5 Å². The Hall–Kier alpha value is -0.820. The van der Waals surface area contributed by atoms with E-state index in [9.17, 15) is 13.2 Å². The third kappa shape index (κ3) is 3.35. The lowest BCUT2D eigenvalue weighted by atomic mass is 10.4. The van der Waals surface area contributed by atoms with Crippen LogP contribution in [0.25, 0.3) is 0 Å². The second-order valence-corrected chi connectivity index (χ2v) is 3.17. The van der Waals surface area contributed by atoms with Crippen molar-refractivity contribution in [1.82, 2.24) is 15.2 Å². The molecule has 0 aliphatic carbocycles. The van der Waals surface area contributed by atoms with Gasteiger partial charge in [-0.15, -0.1) is 10.2 Å². The second-order valence-electron chi connectivity index (χ2n) is 2.48. The molecule has 0 bridgehead atoms. The summed E-state index contributed by atoms with van der Waals surface area (Å²) in [6.07, 6.45) is -6.57. The Labute approximate surface area is 92.4 Å². The van der Waals surface area contributed by atoms with Crippen molar-refractivity contribution in [2.24, 2.45) is 0 Å². The lowest BCUT2D eigenvalue weighted by Crippen LogP contribution is -2.31. The van der Waals surface area contributed by atoms with Crippen molar-refractivity contribution in [2.75, 3.05) is 0 Å². The average Bonchev–Trinajstić information content (AvgIpc) is 2.09. The van der Waals surface area contributed by atoms with Gasteiger partial charge in [-0.3, -0.25) is 0 Å². The van der Waals surface area contributed by atoms with Gasteiger partial charge in [-0.25, -0.2) is 0 Å². The molecule has 0 fully saturated rings. The van der Waals surface area contributed by atoms with Crippen molar-refractivity contribution in [2.45, 2.75) is 19.2 Å². The highest BCUT2D eigenvalue weighted by atomic mass is 35.5. The summed E-state index contributed by atoms with van der Waals surface area (Å²) in [7, 11) is 0. The summed E-state index contributed by atoms with van der Waals surface area (Å²) in [5.74, 6) is -0.499. The molecule has 0 aliphatic rings. The van der Waals surface area contributed by atoms with Crippen LogP contribution in [0.1, 0.15) is 6.92 Å². The van der Waals surface area contributed by atoms with Crippen molar-refractivity contribution >= 4 is 23.2 Å². The number of aromatic nitrogens is 3. The van der Waals surface area contributed by atoms with Gasteiger partial charge in [0.2, 0.25) is 10.4 Å². The third-order valence-corrected chi connectivity index (χ3v) is 1.74. The zero-order chi connectivity index (χ0) is 11.6. The van der Waals surface area contributed by atoms with Crippen LogP contribution >= 0.6 is 23.2 Å². The fourth-order valence-electron chi connectivity index (χ4n) is 0.589. The van der Waals surface area contributed by atoms with Gasteiger partial charge in [0, 0.05) is 0 Å². The molecule has 9 heteroatoms. The van der Waals surface area contributed by atoms with Crippen LogP contribution in [0.5, 0.6) is 5.88 Å². The van der Waals surface area contributed by atoms with Gasteiger partial charge in [0.15, 0.2) is 6.10 Å². The molecule has 1 aromatic rings. The number of halogens is 5. The van der Waals surface area contributed by atoms with E-state index >= 15 is 0 Å². The maximum Gasteiger partial charge on any atom is 0.425 e. The van der Waals surface area contributed by atoms with E-state index in [0.29, 0.717) is 0 Å². The van der Waals surface area contributed by atoms with Crippen molar-refractivity contribution in [1.29, 1.82) is 0 Å². The van der Waals surface area contributed by atoms with Gasteiger partial charge in [0.25, 0.3) is 5.88 Å². The molecule has 0 aliphatic heterocycles. The summed E-state index contributed by atoms with van der Waals surface area (Å²) in [6.45, 7) is 0.812. The molecule has 1 atom stereocenters. The molecule has 0 amide bonds. The number of hydrogen-bond donors (Lipinski definition) is 0. The fourth-order valence-corrected chi connectivity index (χ4v) is 0.829. The monoisotopic (exact) mass is 261 g/mol. The quantitative estimate of drug-likeness (QED) is 0.821. The van der Waals surface area contributed by atoms with Crippen LogP contribution in [0.4, 0.5) is 13.2 Å². The van der Waals surface area contributed by atoms with Crippen LogP contribution < -0.4 is 4.74 Å². The molecular formula is C6H4Cl2F3N3O. The fraction of sp³-hybridized carbons (Fsp3) is 0.500. The van der Waals surface area contributed by atoms with Gasteiger partial charge in [-0.2, -0.15) is 18.2 Å². The second kappa shape index (κ2) is 4.36. The topological polar surface area (TPSA) is 47.9 Å². The molecule has 4 nitrogen and oxygen atoms in total. The van der Waals surface area contributed by atoms with E-state index in [-0.39, 0.29) is 10.4 Å². The predicted octanol–water partition coefficient (Wildman–Crippen LogP) is 2.51. The summed E-state index contributed by atoms with van der Waals surface area (Å²) in [6, 6.07) is 0. The Morgan fingerprint density at radius 2 is 1.87 bits per heavy atom. The molecule has 0 saturated carbocycles. The van der Waals surface area contributed by atoms with Gasteiger partial charge >= 0.3 is 6.18 Å². The van der Waals surface area contributed by atoms with E-state index < -0.39 is 18.2 Å². The lowest BCUT2D eigenvalue weighted by Gasteiger charge is -2.16. The van der Waals surface area contributed by atoms with E-state index in [1.165, 1.54) is 0 Å². The summed E-state index contributed by atoms with van der Waals surface area (Å²) in [4.78, 5) is 3.36. The molecule has 0 saturated heterocycles. The minimum Gasteiger partial charge on any atom is -0.463 e. The Morgan fingerprint density at radius 1 is 1.27 bits per heavy atom. The highest BCUT2D eigenvalue weighted by molar-refractivity contribution is 6.31. The molecule has 0 spiro atoms. The van der Waals surface area contributed by atoms with Crippen LogP contribution in [0.15, 0.2) is 0 Å². The minimum atomic E-state index is -4.51. The lowest BCUT2D eigenvalue weighted by molar-refractivity contribution is -0.190. The first-order chi connectivity index (χ1) is 6.80. The Balaban J connectivity index is 2.85. The summed E-state index contributed by atoms with van der Waals surface area (Å²) in [5, 5.41) is 5.74. The van der Waals surface area contributed by atoms with Crippen LogP contribution in [0, 0.1) is 0 Å². The van der Waals surface area contributed by atoms with E-state index in [2.05, 4.69) is 19.9 Å². The molecule has 1 rings (SSSR count). The van der Waals surface area contributed by atoms with Gasteiger partial charge < -0.3 is 4.74 Å². The number of nitrogens with zero attached hydrogens (tertiary/aromatic N) is 3. The van der Waals surface area contributed by atoms with Gasteiger partial charge in [0.05, 0.1) is 0 Å². The normalized spacial score (nSPS) is 13.7. The minimum absolute atomic E-state index is 0.344. The zero-order valence-electron chi connectivity index (χ0n) is 7.22. The van der Waals surface area contributed by atoms with Crippen LogP contribution in [-0.2, 0) is 0 Å². The molecule has 0 aromatic carbocycles. The smallest absolute Gasteiger partial charge is 0.425 e. The molecule has 0 radical (unpaired) electrons. The predicted molar refractivity (Wildman–Crippen MR) is 46.0 cm³/mol.